The zero-order valence-corrected chi connectivity index (χ0v) is 12.0. The van der Waals surface area contributed by atoms with Gasteiger partial charge in [0.15, 0.2) is 0 Å². The highest BCUT2D eigenvalue weighted by Gasteiger charge is 2.12. The van der Waals surface area contributed by atoms with E-state index in [1.54, 1.807) is 12.1 Å². The lowest BCUT2D eigenvalue weighted by Gasteiger charge is -2.07. The average Bonchev–Trinajstić information content (AvgIpc) is 2.39. The van der Waals surface area contributed by atoms with E-state index in [1.165, 1.54) is 0 Å². The Balaban J connectivity index is 2.54. The van der Waals surface area contributed by atoms with Crippen LogP contribution in [0.1, 0.15) is 38.2 Å². The molecule has 0 aliphatic rings. The second-order valence-electron chi connectivity index (χ2n) is 4.41. The summed E-state index contributed by atoms with van der Waals surface area (Å²) >= 11 is 0. The Morgan fingerprint density at radius 1 is 1.21 bits per heavy atom. The predicted octanol–water partition coefficient (Wildman–Crippen LogP) is 2.61. The number of nitrogens with zero attached hydrogens (tertiary/aromatic N) is 1. The summed E-state index contributed by atoms with van der Waals surface area (Å²) < 4.78 is 26.5. The van der Waals surface area contributed by atoms with Gasteiger partial charge in [0.2, 0.25) is 10.0 Å². The average molecular weight is 280 g/mol. The van der Waals surface area contributed by atoms with Crippen LogP contribution in [0.2, 0.25) is 0 Å². The molecule has 0 saturated carbocycles. The van der Waals surface area contributed by atoms with Crippen LogP contribution in [0.5, 0.6) is 0 Å². The second kappa shape index (κ2) is 7.93. The molecule has 1 N–H and O–H groups in total. The minimum atomic E-state index is -3.41. The van der Waals surface area contributed by atoms with Gasteiger partial charge in [0.05, 0.1) is 11.0 Å². The van der Waals surface area contributed by atoms with Crippen molar-refractivity contribution in [2.75, 3.05) is 6.54 Å². The summed E-state index contributed by atoms with van der Waals surface area (Å²) in [4.78, 5) is 0.299. The first-order valence-corrected chi connectivity index (χ1v) is 8.04. The number of nitrogens with one attached hydrogen (secondary N) is 1. The fourth-order valence-corrected chi connectivity index (χ4v) is 2.82. The second-order valence-corrected chi connectivity index (χ2v) is 6.17. The van der Waals surface area contributed by atoms with Crippen molar-refractivity contribution >= 4 is 10.0 Å². The van der Waals surface area contributed by atoms with Crippen LogP contribution < -0.4 is 4.72 Å². The molecule has 0 aliphatic carbocycles. The topological polar surface area (TPSA) is 70.0 Å². The monoisotopic (exact) mass is 280 g/mol. The van der Waals surface area contributed by atoms with Crippen LogP contribution in [0, 0.1) is 11.3 Å². The van der Waals surface area contributed by atoms with Crippen molar-refractivity contribution in [2.24, 2.45) is 0 Å². The molecule has 0 spiro atoms. The third kappa shape index (κ3) is 5.41. The van der Waals surface area contributed by atoms with E-state index in [4.69, 9.17) is 5.26 Å². The van der Waals surface area contributed by atoms with Crippen LogP contribution >= 0.6 is 0 Å². The molecule has 4 nitrogen and oxygen atoms in total. The first kappa shape index (κ1) is 15.7. The number of rotatable bonds is 8. The van der Waals surface area contributed by atoms with E-state index >= 15 is 0 Å². The molecule has 0 bridgehead atoms. The summed E-state index contributed by atoms with van der Waals surface area (Å²) in [5.41, 5.74) is 1.15. The summed E-state index contributed by atoms with van der Waals surface area (Å²) in [6.45, 7) is 2.47. The maximum absolute atomic E-state index is 12.0. The molecule has 0 amide bonds. The molecule has 0 unspecified atom stereocenters. The van der Waals surface area contributed by atoms with Crippen molar-refractivity contribution in [3.63, 3.8) is 0 Å². The minimum Gasteiger partial charge on any atom is -0.211 e. The smallest absolute Gasteiger partial charge is 0.211 e. The molecule has 19 heavy (non-hydrogen) atoms. The van der Waals surface area contributed by atoms with Gasteiger partial charge in [-0.3, -0.25) is 0 Å². The molecule has 5 heteroatoms. The van der Waals surface area contributed by atoms with Crippen molar-refractivity contribution in [2.45, 2.75) is 43.9 Å². The van der Waals surface area contributed by atoms with Gasteiger partial charge in [-0.15, -0.1) is 0 Å². The molecule has 0 heterocycles. The molecule has 0 saturated heterocycles. The van der Waals surface area contributed by atoms with Crippen LogP contribution in [0.25, 0.3) is 0 Å². The van der Waals surface area contributed by atoms with Gasteiger partial charge >= 0.3 is 0 Å². The maximum atomic E-state index is 12.0. The number of hydrogen-bond acceptors (Lipinski definition) is 3. The SMILES string of the molecule is CCCc1ccc(S(=O)(=O)NCCCCC#N)cc1. The van der Waals surface area contributed by atoms with Gasteiger partial charge < -0.3 is 0 Å². The van der Waals surface area contributed by atoms with Gasteiger partial charge in [-0.05, 0) is 37.0 Å². The summed E-state index contributed by atoms with van der Waals surface area (Å²) in [7, 11) is -3.41. The van der Waals surface area contributed by atoms with Crippen molar-refractivity contribution in [3.05, 3.63) is 29.8 Å². The van der Waals surface area contributed by atoms with Crippen LogP contribution in [-0.2, 0) is 16.4 Å². The normalized spacial score (nSPS) is 11.2. The van der Waals surface area contributed by atoms with Gasteiger partial charge in [0, 0.05) is 13.0 Å². The van der Waals surface area contributed by atoms with E-state index in [9.17, 15) is 8.42 Å². The van der Waals surface area contributed by atoms with E-state index in [0.29, 0.717) is 30.7 Å². The number of sulfonamides is 1. The van der Waals surface area contributed by atoms with Crippen molar-refractivity contribution in [1.82, 2.24) is 4.72 Å². The van der Waals surface area contributed by atoms with Gasteiger partial charge in [-0.25, -0.2) is 13.1 Å². The highest BCUT2D eigenvalue weighted by atomic mass is 32.2. The molecular formula is C14H20N2O2S. The lowest BCUT2D eigenvalue weighted by atomic mass is 10.1. The fraction of sp³-hybridized carbons (Fsp3) is 0.500. The van der Waals surface area contributed by atoms with E-state index < -0.39 is 10.0 Å². The third-order valence-corrected chi connectivity index (χ3v) is 4.26. The summed E-state index contributed by atoms with van der Waals surface area (Å²) in [6, 6.07) is 9.03. The molecule has 1 rings (SSSR count). The molecule has 0 atom stereocenters. The largest absolute Gasteiger partial charge is 0.240 e. The number of nitriles is 1. The van der Waals surface area contributed by atoms with Crippen LogP contribution in [0.15, 0.2) is 29.2 Å². The van der Waals surface area contributed by atoms with Crippen LogP contribution in [0.3, 0.4) is 0 Å². The molecule has 1 aromatic carbocycles. The van der Waals surface area contributed by atoms with Gasteiger partial charge in [-0.2, -0.15) is 5.26 Å². The third-order valence-electron chi connectivity index (χ3n) is 2.78. The lowest BCUT2D eigenvalue weighted by Crippen LogP contribution is -2.24. The zero-order valence-electron chi connectivity index (χ0n) is 11.2. The maximum Gasteiger partial charge on any atom is 0.240 e. The number of unbranched alkanes of at least 4 members (excludes halogenated alkanes) is 2. The molecule has 0 fully saturated rings. The molecule has 0 aliphatic heterocycles. The van der Waals surface area contributed by atoms with Gasteiger partial charge in [0.1, 0.15) is 0 Å². The fourth-order valence-electron chi connectivity index (χ4n) is 1.74. The Hall–Kier alpha value is -1.38. The Kier molecular flexibility index (Phi) is 6.54. The van der Waals surface area contributed by atoms with E-state index in [1.807, 2.05) is 18.2 Å². The number of benzene rings is 1. The molecule has 0 radical (unpaired) electrons. The van der Waals surface area contributed by atoms with Crippen LogP contribution in [0.4, 0.5) is 0 Å². The van der Waals surface area contributed by atoms with E-state index in [-0.39, 0.29) is 0 Å². The Labute approximate surface area is 115 Å². The first-order valence-electron chi connectivity index (χ1n) is 6.55. The van der Waals surface area contributed by atoms with Crippen molar-refractivity contribution in [1.29, 1.82) is 5.26 Å². The Bertz CT molecular complexity index is 515. The van der Waals surface area contributed by atoms with Crippen molar-refractivity contribution in [3.8, 4) is 6.07 Å². The van der Waals surface area contributed by atoms with Gasteiger partial charge in [0.25, 0.3) is 0 Å². The Morgan fingerprint density at radius 2 is 1.89 bits per heavy atom. The van der Waals surface area contributed by atoms with E-state index in [0.717, 1.165) is 18.4 Å². The first-order chi connectivity index (χ1) is 9.10. The van der Waals surface area contributed by atoms with Crippen molar-refractivity contribution < 1.29 is 8.42 Å². The zero-order chi connectivity index (χ0) is 14.1. The highest BCUT2D eigenvalue weighted by Crippen LogP contribution is 2.11. The number of hydrogen-bond donors (Lipinski definition) is 1. The molecule has 0 aromatic heterocycles. The number of aryl methyl sites for hydroxylation is 1. The summed E-state index contributed by atoms with van der Waals surface area (Å²) in [5.74, 6) is 0. The van der Waals surface area contributed by atoms with Crippen LogP contribution in [-0.4, -0.2) is 15.0 Å². The lowest BCUT2D eigenvalue weighted by molar-refractivity contribution is 0.577. The summed E-state index contributed by atoms with van der Waals surface area (Å²) in [5, 5.41) is 8.38. The minimum absolute atomic E-state index is 0.299. The predicted molar refractivity (Wildman–Crippen MR) is 75.1 cm³/mol. The summed E-state index contributed by atoms with van der Waals surface area (Å²) in [6.07, 6.45) is 3.87. The van der Waals surface area contributed by atoms with E-state index in [2.05, 4.69) is 11.6 Å². The molecule has 104 valence electrons. The van der Waals surface area contributed by atoms with Gasteiger partial charge in [-0.1, -0.05) is 25.5 Å². The molecular weight excluding hydrogens is 260 g/mol. The Morgan fingerprint density at radius 3 is 2.47 bits per heavy atom. The highest BCUT2D eigenvalue weighted by molar-refractivity contribution is 7.89. The molecule has 1 aromatic rings. The standard InChI is InChI=1S/C14H20N2O2S/c1-2-6-13-7-9-14(10-8-13)19(17,18)16-12-5-3-4-11-15/h7-10,16H,2-6,12H2,1H3. The quantitative estimate of drug-likeness (QED) is 0.744.